The predicted molar refractivity (Wildman–Crippen MR) is 80.2 cm³/mol. The SMILES string of the molecule is CC(C)(C)OC(=O)N1C[C@]2(Cc3ccccc3)C[C@H]1CO2. The van der Waals surface area contributed by atoms with Gasteiger partial charge in [0.1, 0.15) is 5.60 Å². The Hall–Kier alpha value is -1.55. The van der Waals surface area contributed by atoms with Crippen molar-refractivity contribution in [2.75, 3.05) is 13.2 Å². The molecule has 0 spiro atoms. The highest BCUT2D eigenvalue weighted by atomic mass is 16.6. The summed E-state index contributed by atoms with van der Waals surface area (Å²) in [5, 5.41) is 0. The van der Waals surface area contributed by atoms with Crippen LogP contribution in [-0.4, -0.2) is 41.4 Å². The first-order valence-electron chi connectivity index (χ1n) is 7.54. The number of nitrogens with zero attached hydrogens (tertiary/aromatic N) is 1. The minimum atomic E-state index is -0.452. The molecular formula is C17H23NO3. The van der Waals surface area contributed by atoms with Crippen LogP contribution in [0.1, 0.15) is 32.8 Å². The Bertz CT molecular complexity index is 523. The maximum absolute atomic E-state index is 12.3. The van der Waals surface area contributed by atoms with Crippen molar-refractivity contribution in [3.63, 3.8) is 0 Å². The lowest BCUT2D eigenvalue weighted by molar-refractivity contribution is -0.0521. The second-order valence-corrected chi connectivity index (χ2v) is 7.12. The van der Waals surface area contributed by atoms with Crippen molar-refractivity contribution in [2.45, 2.75) is 50.9 Å². The van der Waals surface area contributed by atoms with Crippen molar-refractivity contribution in [3.05, 3.63) is 35.9 Å². The number of carbonyl (C=O) groups excluding carboxylic acids is 1. The Labute approximate surface area is 126 Å². The summed E-state index contributed by atoms with van der Waals surface area (Å²) >= 11 is 0. The van der Waals surface area contributed by atoms with E-state index in [1.54, 1.807) is 0 Å². The molecule has 0 aromatic heterocycles. The van der Waals surface area contributed by atoms with Gasteiger partial charge in [-0.1, -0.05) is 30.3 Å². The fourth-order valence-electron chi connectivity index (χ4n) is 3.25. The molecule has 4 nitrogen and oxygen atoms in total. The first-order chi connectivity index (χ1) is 9.87. The summed E-state index contributed by atoms with van der Waals surface area (Å²) in [6, 6.07) is 10.5. The lowest BCUT2D eigenvalue weighted by Gasteiger charge is -2.34. The third-order valence-corrected chi connectivity index (χ3v) is 4.09. The molecule has 2 heterocycles. The van der Waals surface area contributed by atoms with Crippen LogP contribution in [0.25, 0.3) is 0 Å². The molecule has 114 valence electrons. The highest BCUT2D eigenvalue weighted by Gasteiger charge is 2.53. The second-order valence-electron chi connectivity index (χ2n) is 7.12. The molecule has 0 saturated carbocycles. The molecule has 2 aliphatic rings. The Balaban J connectivity index is 1.69. The van der Waals surface area contributed by atoms with Gasteiger partial charge in [-0.15, -0.1) is 0 Å². The highest BCUT2D eigenvalue weighted by molar-refractivity contribution is 5.69. The number of likely N-dealkylation sites (tertiary alicyclic amines) is 1. The van der Waals surface area contributed by atoms with E-state index in [2.05, 4.69) is 12.1 Å². The van der Waals surface area contributed by atoms with Crippen LogP contribution < -0.4 is 0 Å². The number of hydrogen-bond acceptors (Lipinski definition) is 3. The zero-order chi connectivity index (χ0) is 15.1. The van der Waals surface area contributed by atoms with Crippen molar-refractivity contribution < 1.29 is 14.3 Å². The van der Waals surface area contributed by atoms with E-state index in [0.717, 1.165) is 12.8 Å². The summed E-state index contributed by atoms with van der Waals surface area (Å²) < 4.78 is 11.5. The zero-order valence-electron chi connectivity index (χ0n) is 13.0. The van der Waals surface area contributed by atoms with Crippen molar-refractivity contribution in [1.82, 2.24) is 4.90 Å². The molecule has 2 bridgehead atoms. The van der Waals surface area contributed by atoms with Crippen LogP contribution in [-0.2, 0) is 15.9 Å². The molecule has 0 aliphatic carbocycles. The number of morpholine rings is 1. The van der Waals surface area contributed by atoms with Gasteiger partial charge in [0.15, 0.2) is 0 Å². The van der Waals surface area contributed by atoms with E-state index in [-0.39, 0.29) is 17.7 Å². The third-order valence-electron chi connectivity index (χ3n) is 4.09. The molecule has 4 heteroatoms. The van der Waals surface area contributed by atoms with Crippen LogP contribution in [0.2, 0.25) is 0 Å². The van der Waals surface area contributed by atoms with Crippen LogP contribution in [0.15, 0.2) is 30.3 Å². The summed E-state index contributed by atoms with van der Waals surface area (Å²) in [6.45, 7) is 6.94. The molecule has 3 rings (SSSR count). The molecule has 2 saturated heterocycles. The quantitative estimate of drug-likeness (QED) is 0.840. The van der Waals surface area contributed by atoms with Gasteiger partial charge in [-0.3, -0.25) is 4.90 Å². The topological polar surface area (TPSA) is 38.8 Å². The van der Waals surface area contributed by atoms with Crippen molar-refractivity contribution in [2.24, 2.45) is 0 Å². The normalized spacial score (nSPS) is 28.0. The van der Waals surface area contributed by atoms with Crippen molar-refractivity contribution in [3.8, 4) is 0 Å². The molecule has 1 amide bonds. The standard InChI is InChI=1S/C17H23NO3/c1-16(2,3)21-15(19)18-12-17(10-14(18)11-20-17)9-13-7-5-4-6-8-13/h4-8,14H,9-12H2,1-3H3/t14-,17-/m0/s1. The van der Waals surface area contributed by atoms with Crippen LogP contribution >= 0.6 is 0 Å². The maximum atomic E-state index is 12.3. The maximum Gasteiger partial charge on any atom is 0.410 e. The number of rotatable bonds is 2. The molecule has 1 aromatic rings. The van der Waals surface area contributed by atoms with E-state index in [1.807, 2.05) is 43.9 Å². The lowest BCUT2D eigenvalue weighted by Crippen LogP contribution is -2.48. The van der Waals surface area contributed by atoms with Gasteiger partial charge in [-0.2, -0.15) is 0 Å². The molecule has 2 aliphatic heterocycles. The average molecular weight is 289 g/mol. The molecule has 1 aromatic carbocycles. The van der Waals surface area contributed by atoms with Gasteiger partial charge < -0.3 is 9.47 Å². The number of amides is 1. The van der Waals surface area contributed by atoms with Crippen molar-refractivity contribution in [1.29, 1.82) is 0 Å². The monoisotopic (exact) mass is 289 g/mol. The second kappa shape index (κ2) is 5.02. The first kappa shape index (κ1) is 14.4. The Kier molecular flexibility index (Phi) is 3.44. The van der Waals surface area contributed by atoms with E-state index in [0.29, 0.717) is 13.2 Å². The highest BCUT2D eigenvalue weighted by Crippen LogP contribution is 2.40. The minimum Gasteiger partial charge on any atom is -0.444 e. The van der Waals surface area contributed by atoms with Gasteiger partial charge in [-0.05, 0) is 26.3 Å². The van der Waals surface area contributed by atoms with E-state index in [4.69, 9.17) is 9.47 Å². The summed E-state index contributed by atoms with van der Waals surface area (Å²) in [5.41, 5.74) is 0.569. The average Bonchev–Trinajstić information content (AvgIpc) is 2.95. The molecule has 0 radical (unpaired) electrons. The smallest absolute Gasteiger partial charge is 0.410 e. The van der Waals surface area contributed by atoms with Crippen LogP contribution in [0.3, 0.4) is 0 Å². The molecule has 2 atom stereocenters. The summed E-state index contributed by atoms with van der Waals surface area (Å²) in [5.74, 6) is 0. The molecule has 21 heavy (non-hydrogen) atoms. The van der Waals surface area contributed by atoms with Gasteiger partial charge in [0, 0.05) is 12.8 Å². The summed E-state index contributed by atoms with van der Waals surface area (Å²) in [7, 11) is 0. The van der Waals surface area contributed by atoms with E-state index >= 15 is 0 Å². The lowest BCUT2D eigenvalue weighted by atomic mass is 9.94. The molecular weight excluding hydrogens is 266 g/mol. The van der Waals surface area contributed by atoms with E-state index < -0.39 is 5.60 Å². The summed E-state index contributed by atoms with van der Waals surface area (Å²) in [4.78, 5) is 14.1. The minimum absolute atomic E-state index is 0.156. The number of benzene rings is 1. The van der Waals surface area contributed by atoms with Gasteiger partial charge in [-0.25, -0.2) is 4.79 Å². The Morgan fingerprint density at radius 1 is 1.38 bits per heavy atom. The number of hydrogen-bond donors (Lipinski definition) is 0. The van der Waals surface area contributed by atoms with Crippen LogP contribution in [0, 0.1) is 0 Å². The predicted octanol–water partition coefficient (Wildman–Crippen LogP) is 3.01. The van der Waals surface area contributed by atoms with Crippen molar-refractivity contribution >= 4 is 6.09 Å². The molecule has 0 N–H and O–H groups in total. The number of fused-ring (bicyclic) bond motifs is 2. The van der Waals surface area contributed by atoms with Gasteiger partial charge in [0.05, 0.1) is 24.8 Å². The third kappa shape index (κ3) is 3.05. The van der Waals surface area contributed by atoms with E-state index in [1.165, 1.54) is 5.56 Å². The van der Waals surface area contributed by atoms with Crippen LogP contribution in [0.5, 0.6) is 0 Å². The van der Waals surface area contributed by atoms with Crippen LogP contribution in [0.4, 0.5) is 4.79 Å². The molecule has 2 fully saturated rings. The fourth-order valence-corrected chi connectivity index (χ4v) is 3.25. The Morgan fingerprint density at radius 2 is 2.10 bits per heavy atom. The van der Waals surface area contributed by atoms with Gasteiger partial charge in [0.2, 0.25) is 0 Å². The number of ether oxygens (including phenoxy) is 2. The Morgan fingerprint density at radius 3 is 2.76 bits per heavy atom. The van der Waals surface area contributed by atoms with Gasteiger partial charge in [0.25, 0.3) is 0 Å². The summed E-state index contributed by atoms with van der Waals surface area (Å²) in [6.07, 6.45) is 1.54. The first-order valence-corrected chi connectivity index (χ1v) is 7.54. The van der Waals surface area contributed by atoms with Gasteiger partial charge >= 0.3 is 6.09 Å². The number of carbonyl (C=O) groups is 1. The largest absolute Gasteiger partial charge is 0.444 e. The fraction of sp³-hybridized carbons (Fsp3) is 0.588. The molecule has 0 unspecified atom stereocenters. The van der Waals surface area contributed by atoms with E-state index in [9.17, 15) is 4.79 Å². The zero-order valence-corrected chi connectivity index (χ0v) is 13.0.